The molecule has 2 atom stereocenters. The van der Waals surface area contributed by atoms with Crippen molar-refractivity contribution < 1.29 is 0 Å². The summed E-state index contributed by atoms with van der Waals surface area (Å²) in [6.07, 6.45) is 1.23. The minimum atomic E-state index is 0.0528. The molecule has 0 radical (unpaired) electrons. The molecule has 0 spiro atoms. The summed E-state index contributed by atoms with van der Waals surface area (Å²) >= 11 is 0. The third-order valence-electron chi connectivity index (χ3n) is 4.87. The summed E-state index contributed by atoms with van der Waals surface area (Å²) < 4.78 is 0. The van der Waals surface area contributed by atoms with Crippen LogP contribution in [0.3, 0.4) is 0 Å². The van der Waals surface area contributed by atoms with Crippen molar-refractivity contribution in [1.29, 1.82) is 0 Å². The maximum Gasteiger partial charge on any atom is 0.0535 e. The number of benzene rings is 1. The van der Waals surface area contributed by atoms with E-state index in [4.69, 9.17) is 0 Å². The van der Waals surface area contributed by atoms with Crippen molar-refractivity contribution in [2.45, 2.75) is 52.6 Å². The van der Waals surface area contributed by atoms with E-state index in [1.165, 1.54) is 18.5 Å². The topological polar surface area (TPSA) is 15.3 Å². The lowest BCUT2D eigenvalue weighted by Gasteiger charge is -2.41. The Morgan fingerprint density at radius 2 is 1.85 bits per heavy atom. The van der Waals surface area contributed by atoms with Crippen LogP contribution in [0.1, 0.15) is 46.6 Å². The number of rotatable bonds is 2. The van der Waals surface area contributed by atoms with Crippen LogP contribution >= 0.6 is 0 Å². The predicted molar refractivity (Wildman–Crippen MR) is 86.9 cm³/mol. The Balaban J connectivity index is 2.23. The van der Waals surface area contributed by atoms with Crippen molar-refractivity contribution >= 4 is 0 Å². The van der Waals surface area contributed by atoms with Crippen molar-refractivity contribution in [3.8, 4) is 0 Å². The third kappa shape index (κ3) is 3.42. The normalized spacial score (nSPS) is 27.1. The maximum atomic E-state index is 3.77. The Morgan fingerprint density at radius 3 is 2.45 bits per heavy atom. The van der Waals surface area contributed by atoms with Crippen molar-refractivity contribution in [1.82, 2.24) is 10.2 Å². The summed E-state index contributed by atoms with van der Waals surface area (Å²) in [4.78, 5) is 2.66. The first kappa shape index (κ1) is 15.5. The highest BCUT2D eigenvalue weighted by Gasteiger charge is 2.35. The predicted octanol–water partition coefficient (Wildman–Crippen LogP) is 3.63. The van der Waals surface area contributed by atoms with Gasteiger partial charge >= 0.3 is 0 Å². The average Bonchev–Trinajstić information content (AvgIpc) is 2.61. The minimum Gasteiger partial charge on any atom is -0.307 e. The van der Waals surface area contributed by atoms with E-state index in [1.807, 2.05) is 0 Å². The molecule has 2 nitrogen and oxygen atoms in total. The monoisotopic (exact) mass is 274 g/mol. The van der Waals surface area contributed by atoms with Gasteiger partial charge in [-0.05, 0) is 44.3 Å². The van der Waals surface area contributed by atoms with E-state index in [-0.39, 0.29) is 5.54 Å². The van der Waals surface area contributed by atoms with Gasteiger partial charge in [-0.15, -0.1) is 0 Å². The first-order chi connectivity index (χ1) is 9.33. The molecular formula is C18H30N2. The van der Waals surface area contributed by atoms with E-state index in [0.717, 1.165) is 13.1 Å². The quantitative estimate of drug-likeness (QED) is 0.886. The van der Waals surface area contributed by atoms with Gasteiger partial charge in [-0.1, -0.05) is 51.1 Å². The molecule has 0 saturated carbocycles. The second-order valence-electron chi connectivity index (χ2n) is 7.49. The molecule has 1 aromatic rings. The minimum absolute atomic E-state index is 0.0528. The summed E-state index contributed by atoms with van der Waals surface area (Å²) in [7, 11) is 0. The van der Waals surface area contributed by atoms with Gasteiger partial charge in [-0.2, -0.15) is 0 Å². The second-order valence-corrected chi connectivity index (χ2v) is 7.49. The smallest absolute Gasteiger partial charge is 0.0535 e. The summed E-state index contributed by atoms with van der Waals surface area (Å²) in [6.45, 7) is 15.1. The van der Waals surface area contributed by atoms with Crippen LogP contribution in [-0.2, 0) is 5.54 Å². The lowest BCUT2D eigenvalue weighted by atomic mass is 9.85. The fourth-order valence-corrected chi connectivity index (χ4v) is 3.07. The van der Waals surface area contributed by atoms with Gasteiger partial charge in [0.25, 0.3) is 0 Å². The van der Waals surface area contributed by atoms with Crippen molar-refractivity contribution in [2.24, 2.45) is 5.41 Å². The van der Waals surface area contributed by atoms with Gasteiger partial charge in [0.2, 0.25) is 0 Å². The number of nitrogens with zero attached hydrogens (tertiary/aromatic N) is 1. The van der Waals surface area contributed by atoms with Crippen LogP contribution < -0.4 is 5.32 Å². The first-order valence-electron chi connectivity index (χ1n) is 7.87. The van der Waals surface area contributed by atoms with E-state index in [2.05, 4.69) is 75.2 Å². The molecular weight excluding hydrogens is 244 g/mol. The van der Waals surface area contributed by atoms with Crippen LogP contribution in [0.4, 0.5) is 0 Å². The van der Waals surface area contributed by atoms with E-state index >= 15 is 0 Å². The molecule has 0 aliphatic carbocycles. The summed E-state index contributed by atoms with van der Waals surface area (Å²) in [6, 6.07) is 11.5. The fourth-order valence-electron chi connectivity index (χ4n) is 3.07. The largest absolute Gasteiger partial charge is 0.307 e. The molecule has 20 heavy (non-hydrogen) atoms. The molecule has 2 heteroatoms. The van der Waals surface area contributed by atoms with Crippen LogP contribution in [0.15, 0.2) is 30.3 Å². The molecule has 1 aromatic carbocycles. The number of hydrogen-bond donors (Lipinski definition) is 1. The SMILES string of the molecule is CC(N1CCCNC(C)(c2ccccc2)C1)C(C)(C)C. The molecule has 112 valence electrons. The van der Waals surface area contributed by atoms with Crippen LogP contribution in [-0.4, -0.2) is 30.6 Å². The molecule has 1 heterocycles. The lowest BCUT2D eigenvalue weighted by molar-refractivity contribution is 0.0942. The number of hydrogen-bond acceptors (Lipinski definition) is 2. The van der Waals surface area contributed by atoms with Crippen molar-refractivity contribution in [2.75, 3.05) is 19.6 Å². The second kappa shape index (κ2) is 5.87. The van der Waals surface area contributed by atoms with Crippen LogP contribution in [0.5, 0.6) is 0 Å². The summed E-state index contributed by atoms with van der Waals surface area (Å²) in [5.41, 5.74) is 1.77. The van der Waals surface area contributed by atoms with Gasteiger partial charge in [0.15, 0.2) is 0 Å². The Labute approximate surface area is 124 Å². The van der Waals surface area contributed by atoms with Crippen LogP contribution in [0.25, 0.3) is 0 Å². The molecule has 1 aliphatic heterocycles. The third-order valence-corrected chi connectivity index (χ3v) is 4.87. The molecule has 1 saturated heterocycles. The highest BCUT2D eigenvalue weighted by Crippen LogP contribution is 2.30. The Bertz CT molecular complexity index is 421. The van der Waals surface area contributed by atoms with Gasteiger partial charge in [0, 0.05) is 12.6 Å². The molecule has 0 bridgehead atoms. The van der Waals surface area contributed by atoms with Crippen LogP contribution in [0.2, 0.25) is 0 Å². The molecule has 1 N–H and O–H groups in total. The van der Waals surface area contributed by atoms with E-state index in [0.29, 0.717) is 11.5 Å². The molecule has 1 fully saturated rings. The highest BCUT2D eigenvalue weighted by molar-refractivity contribution is 5.24. The van der Waals surface area contributed by atoms with Gasteiger partial charge in [0.05, 0.1) is 5.54 Å². The van der Waals surface area contributed by atoms with Crippen LogP contribution in [0, 0.1) is 5.41 Å². The molecule has 2 rings (SSSR count). The average molecular weight is 274 g/mol. The maximum absolute atomic E-state index is 3.77. The van der Waals surface area contributed by atoms with Gasteiger partial charge < -0.3 is 5.32 Å². The first-order valence-corrected chi connectivity index (χ1v) is 7.87. The zero-order valence-electron chi connectivity index (χ0n) is 13.7. The van der Waals surface area contributed by atoms with Gasteiger partial charge in [-0.3, -0.25) is 4.90 Å². The van der Waals surface area contributed by atoms with E-state index in [1.54, 1.807) is 0 Å². The lowest BCUT2D eigenvalue weighted by Crippen LogP contribution is -2.51. The van der Waals surface area contributed by atoms with E-state index in [9.17, 15) is 0 Å². The van der Waals surface area contributed by atoms with Gasteiger partial charge in [0.1, 0.15) is 0 Å². The fraction of sp³-hybridized carbons (Fsp3) is 0.667. The summed E-state index contributed by atoms with van der Waals surface area (Å²) in [5.74, 6) is 0. The van der Waals surface area contributed by atoms with Crippen molar-refractivity contribution in [3.63, 3.8) is 0 Å². The zero-order chi connectivity index (χ0) is 14.8. The van der Waals surface area contributed by atoms with Crippen molar-refractivity contribution in [3.05, 3.63) is 35.9 Å². The Kier molecular flexibility index (Phi) is 4.55. The van der Waals surface area contributed by atoms with E-state index < -0.39 is 0 Å². The Morgan fingerprint density at radius 1 is 1.20 bits per heavy atom. The zero-order valence-corrected chi connectivity index (χ0v) is 13.7. The molecule has 0 aromatic heterocycles. The number of nitrogens with one attached hydrogen (secondary N) is 1. The molecule has 0 amide bonds. The molecule has 1 aliphatic rings. The molecule has 2 unspecified atom stereocenters. The Hall–Kier alpha value is -0.860. The van der Waals surface area contributed by atoms with Gasteiger partial charge in [-0.25, -0.2) is 0 Å². The highest BCUT2D eigenvalue weighted by atomic mass is 15.2. The summed E-state index contributed by atoms with van der Waals surface area (Å²) in [5, 5.41) is 3.77. The standard InChI is InChI=1S/C18H30N2/c1-15(17(2,3)4)20-13-9-12-19-18(5,14-20)16-10-7-6-8-11-16/h6-8,10-11,15,19H,9,12-14H2,1-5H3.